The first-order chi connectivity index (χ1) is 11.2. The molecule has 0 bridgehead atoms. The van der Waals surface area contributed by atoms with Gasteiger partial charge < -0.3 is 10.2 Å². The summed E-state index contributed by atoms with van der Waals surface area (Å²) < 4.78 is 1.19. The van der Waals surface area contributed by atoms with Crippen molar-refractivity contribution in [3.8, 4) is 0 Å². The fourth-order valence-electron chi connectivity index (χ4n) is 2.67. The van der Waals surface area contributed by atoms with Gasteiger partial charge >= 0.3 is 0 Å². The number of carbonyl (C=O) groups excluding carboxylic acids is 1. The second kappa shape index (κ2) is 7.64. The van der Waals surface area contributed by atoms with E-state index >= 15 is 0 Å². The molecule has 0 unspecified atom stereocenters. The van der Waals surface area contributed by atoms with Crippen molar-refractivity contribution in [2.75, 3.05) is 25.0 Å². The molecular weight excluding hydrogens is 399 g/mol. The van der Waals surface area contributed by atoms with Crippen LogP contribution in [0.25, 0.3) is 5.57 Å². The number of carbonyl (C=O) groups is 1. The molecule has 4 heteroatoms. The van der Waals surface area contributed by atoms with Gasteiger partial charge in [-0.25, -0.2) is 0 Å². The molecule has 0 fully saturated rings. The topological polar surface area (TPSA) is 32.3 Å². The number of benzene rings is 2. The van der Waals surface area contributed by atoms with Crippen LogP contribution in [-0.4, -0.2) is 30.4 Å². The second-order valence-corrected chi connectivity index (χ2v) is 6.79. The molecule has 0 saturated heterocycles. The van der Waals surface area contributed by atoms with Gasteiger partial charge in [-0.2, -0.15) is 0 Å². The van der Waals surface area contributed by atoms with Crippen molar-refractivity contribution in [1.82, 2.24) is 4.90 Å². The first-order valence-electron chi connectivity index (χ1n) is 7.74. The Hall–Kier alpha value is -1.82. The quantitative estimate of drug-likeness (QED) is 0.761. The molecule has 2 aromatic carbocycles. The molecule has 3 nitrogen and oxygen atoms in total. The molecule has 118 valence electrons. The molecule has 1 aliphatic heterocycles. The lowest BCUT2D eigenvalue weighted by Crippen LogP contribution is -2.38. The fourth-order valence-corrected chi connectivity index (χ4v) is 3.03. The van der Waals surface area contributed by atoms with Gasteiger partial charge in [0.2, 0.25) is 5.91 Å². The lowest BCUT2D eigenvalue weighted by molar-refractivity contribution is -0.128. The van der Waals surface area contributed by atoms with Crippen LogP contribution >= 0.6 is 22.6 Å². The van der Waals surface area contributed by atoms with Gasteiger partial charge in [-0.05, 0) is 64.4 Å². The number of nitrogens with one attached hydrogen (secondary N) is 1. The summed E-state index contributed by atoms with van der Waals surface area (Å²) in [5.41, 5.74) is 3.58. The molecule has 3 rings (SSSR count). The van der Waals surface area contributed by atoms with Crippen molar-refractivity contribution in [2.45, 2.75) is 6.42 Å². The number of rotatable bonds is 4. The van der Waals surface area contributed by atoms with Crippen LogP contribution in [-0.2, 0) is 4.79 Å². The third kappa shape index (κ3) is 4.34. The summed E-state index contributed by atoms with van der Waals surface area (Å²) in [7, 11) is 0. The fraction of sp³-hybridized carbons (Fsp3) is 0.211. The molecule has 1 aliphatic rings. The summed E-state index contributed by atoms with van der Waals surface area (Å²) in [6.45, 7) is 1.82. The van der Waals surface area contributed by atoms with E-state index in [0.29, 0.717) is 13.1 Å². The van der Waals surface area contributed by atoms with E-state index in [1.165, 1.54) is 14.7 Å². The van der Waals surface area contributed by atoms with Crippen molar-refractivity contribution in [1.29, 1.82) is 0 Å². The van der Waals surface area contributed by atoms with Crippen molar-refractivity contribution >= 4 is 39.8 Å². The highest BCUT2D eigenvalue weighted by Gasteiger charge is 2.17. The van der Waals surface area contributed by atoms with Gasteiger partial charge in [0.25, 0.3) is 0 Å². The SMILES string of the molecule is O=C(CNc1ccc(I)cc1)N1CC=C(c2ccccc2)CC1. The molecule has 0 saturated carbocycles. The van der Waals surface area contributed by atoms with Gasteiger partial charge in [-0.3, -0.25) is 4.79 Å². The highest BCUT2D eigenvalue weighted by Crippen LogP contribution is 2.22. The van der Waals surface area contributed by atoms with E-state index in [-0.39, 0.29) is 5.91 Å². The Morgan fingerprint density at radius 1 is 1.09 bits per heavy atom. The molecule has 0 radical (unpaired) electrons. The van der Waals surface area contributed by atoms with Crippen molar-refractivity contribution in [2.24, 2.45) is 0 Å². The Morgan fingerprint density at radius 2 is 1.83 bits per heavy atom. The van der Waals surface area contributed by atoms with E-state index in [0.717, 1.165) is 18.7 Å². The van der Waals surface area contributed by atoms with Crippen LogP contribution in [0.2, 0.25) is 0 Å². The van der Waals surface area contributed by atoms with Crippen molar-refractivity contribution in [3.63, 3.8) is 0 Å². The van der Waals surface area contributed by atoms with Crippen LogP contribution < -0.4 is 5.32 Å². The van der Waals surface area contributed by atoms with Crippen molar-refractivity contribution < 1.29 is 4.79 Å². The summed E-state index contributed by atoms with van der Waals surface area (Å²) in [6.07, 6.45) is 3.08. The number of hydrogen-bond donors (Lipinski definition) is 1. The zero-order valence-corrected chi connectivity index (χ0v) is 15.0. The zero-order valence-electron chi connectivity index (χ0n) is 12.8. The lowest BCUT2D eigenvalue weighted by atomic mass is 9.99. The summed E-state index contributed by atoms with van der Waals surface area (Å²) in [5, 5.41) is 3.20. The molecule has 23 heavy (non-hydrogen) atoms. The zero-order chi connectivity index (χ0) is 16.1. The molecule has 1 heterocycles. The normalized spacial score (nSPS) is 14.3. The highest BCUT2D eigenvalue weighted by molar-refractivity contribution is 14.1. The lowest BCUT2D eigenvalue weighted by Gasteiger charge is -2.27. The maximum absolute atomic E-state index is 12.3. The Balaban J connectivity index is 1.54. The van der Waals surface area contributed by atoms with Crippen LogP contribution in [0.5, 0.6) is 0 Å². The third-order valence-electron chi connectivity index (χ3n) is 3.99. The number of hydrogen-bond acceptors (Lipinski definition) is 2. The van der Waals surface area contributed by atoms with E-state index in [2.05, 4.69) is 58.2 Å². The number of nitrogens with zero attached hydrogens (tertiary/aromatic N) is 1. The average molecular weight is 418 g/mol. The maximum Gasteiger partial charge on any atom is 0.242 e. The van der Waals surface area contributed by atoms with Crippen LogP contribution in [0.4, 0.5) is 5.69 Å². The number of anilines is 1. The van der Waals surface area contributed by atoms with Crippen LogP contribution in [0.15, 0.2) is 60.7 Å². The average Bonchev–Trinajstić information content (AvgIpc) is 2.62. The van der Waals surface area contributed by atoms with Crippen LogP contribution in [0, 0.1) is 3.57 Å². The standard InChI is InChI=1S/C19H19IN2O/c20-17-6-8-18(9-7-17)21-14-19(23)22-12-10-16(11-13-22)15-4-2-1-3-5-15/h1-10,21H,11-14H2. The molecule has 0 atom stereocenters. The molecule has 0 spiro atoms. The molecule has 0 aromatic heterocycles. The molecule has 0 aliphatic carbocycles. The van der Waals surface area contributed by atoms with E-state index in [1.54, 1.807) is 0 Å². The molecule has 2 aromatic rings. The van der Waals surface area contributed by atoms with E-state index in [1.807, 2.05) is 35.2 Å². The molecule has 1 N–H and O–H groups in total. The van der Waals surface area contributed by atoms with E-state index in [9.17, 15) is 4.79 Å². The monoisotopic (exact) mass is 418 g/mol. The highest BCUT2D eigenvalue weighted by atomic mass is 127. The predicted molar refractivity (Wildman–Crippen MR) is 103 cm³/mol. The maximum atomic E-state index is 12.3. The minimum absolute atomic E-state index is 0.145. The van der Waals surface area contributed by atoms with E-state index < -0.39 is 0 Å². The Morgan fingerprint density at radius 3 is 2.48 bits per heavy atom. The Bertz CT molecular complexity index is 695. The molecule has 1 amide bonds. The van der Waals surface area contributed by atoms with Crippen LogP contribution in [0.1, 0.15) is 12.0 Å². The Labute approximate surface area is 150 Å². The summed E-state index contributed by atoms with van der Waals surface area (Å²) in [5.74, 6) is 0.145. The third-order valence-corrected chi connectivity index (χ3v) is 4.71. The van der Waals surface area contributed by atoms with Gasteiger partial charge in [0.1, 0.15) is 0 Å². The number of halogens is 1. The minimum Gasteiger partial charge on any atom is -0.376 e. The van der Waals surface area contributed by atoms with Gasteiger partial charge in [0, 0.05) is 22.3 Å². The van der Waals surface area contributed by atoms with E-state index in [4.69, 9.17) is 0 Å². The second-order valence-electron chi connectivity index (χ2n) is 5.55. The minimum atomic E-state index is 0.145. The van der Waals surface area contributed by atoms with Crippen molar-refractivity contribution in [3.05, 3.63) is 69.8 Å². The summed E-state index contributed by atoms with van der Waals surface area (Å²) in [4.78, 5) is 14.2. The Kier molecular flexibility index (Phi) is 5.33. The first-order valence-corrected chi connectivity index (χ1v) is 8.82. The van der Waals surface area contributed by atoms with Gasteiger partial charge in [0.05, 0.1) is 6.54 Å². The predicted octanol–water partition coefficient (Wildman–Crippen LogP) is 4.02. The first kappa shape index (κ1) is 16.1. The van der Waals surface area contributed by atoms with Gasteiger partial charge in [-0.1, -0.05) is 36.4 Å². The summed E-state index contributed by atoms with van der Waals surface area (Å²) >= 11 is 2.27. The molecular formula is C19H19IN2O. The smallest absolute Gasteiger partial charge is 0.242 e. The van der Waals surface area contributed by atoms with Crippen LogP contribution in [0.3, 0.4) is 0 Å². The largest absolute Gasteiger partial charge is 0.376 e. The van der Waals surface area contributed by atoms with Gasteiger partial charge in [-0.15, -0.1) is 0 Å². The van der Waals surface area contributed by atoms with Gasteiger partial charge in [0.15, 0.2) is 0 Å². The summed E-state index contributed by atoms with van der Waals surface area (Å²) in [6, 6.07) is 18.4. The number of amides is 1.